The molecule has 1 aliphatic rings. The van der Waals surface area contributed by atoms with Crippen molar-refractivity contribution in [2.75, 3.05) is 11.9 Å². The zero-order valence-corrected chi connectivity index (χ0v) is 11.5. The number of anilines is 1. The molecule has 6 heteroatoms. The predicted molar refractivity (Wildman–Crippen MR) is 77.2 cm³/mol. The summed E-state index contributed by atoms with van der Waals surface area (Å²) in [4.78, 5) is 22.8. The molecule has 0 aromatic heterocycles. The minimum absolute atomic E-state index is 0.0176. The Balaban J connectivity index is 1.83. The fourth-order valence-electron chi connectivity index (χ4n) is 2.08. The number of rotatable bonds is 3. The number of hydrogen-bond acceptors (Lipinski definition) is 3. The van der Waals surface area contributed by atoms with Gasteiger partial charge in [-0.3, -0.25) is 4.79 Å². The Hall–Kier alpha value is -2.08. The molecular formula is C14H20N4O2. The number of carbonyl (C=O) groups is 2. The van der Waals surface area contributed by atoms with E-state index in [-0.39, 0.29) is 24.0 Å². The number of benzene rings is 1. The quantitative estimate of drug-likeness (QED) is 0.665. The van der Waals surface area contributed by atoms with E-state index in [4.69, 9.17) is 5.73 Å². The predicted octanol–water partition coefficient (Wildman–Crippen LogP) is 1.11. The van der Waals surface area contributed by atoms with Gasteiger partial charge in [0.15, 0.2) is 0 Å². The molecule has 1 saturated heterocycles. The molecular weight excluding hydrogens is 256 g/mol. The molecule has 0 aliphatic carbocycles. The zero-order chi connectivity index (χ0) is 14.5. The van der Waals surface area contributed by atoms with Crippen molar-refractivity contribution in [1.82, 2.24) is 10.6 Å². The lowest BCUT2D eigenvalue weighted by atomic mass is 10.1. The molecule has 0 radical (unpaired) electrons. The van der Waals surface area contributed by atoms with E-state index in [0.29, 0.717) is 25.1 Å². The molecule has 1 heterocycles. The number of urea groups is 1. The molecule has 5 N–H and O–H groups in total. The van der Waals surface area contributed by atoms with Crippen LogP contribution in [-0.4, -0.2) is 24.5 Å². The largest absolute Gasteiger partial charge is 0.354 e. The van der Waals surface area contributed by atoms with Crippen LogP contribution in [0.25, 0.3) is 0 Å². The van der Waals surface area contributed by atoms with Crippen LogP contribution in [0.15, 0.2) is 24.3 Å². The summed E-state index contributed by atoms with van der Waals surface area (Å²) in [7, 11) is 0. The molecule has 0 spiro atoms. The minimum atomic E-state index is -0.264. The second-order valence-corrected chi connectivity index (χ2v) is 5.05. The van der Waals surface area contributed by atoms with Gasteiger partial charge in [0.2, 0.25) is 5.91 Å². The lowest BCUT2D eigenvalue weighted by molar-refractivity contribution is -0.122. The Kier molecular flexibility index (Phi) is 4.57. The first-order valence-electron chi connectivity index (χ1n) is 6.74. The first kappa shape index (κ1) is 14.3. The maximum absolute atomic E-state index is 11.8. The smallest absolute Gasteiger partial charge is 0.319 e. The number of piperidine rings is 1. The molecule has 0 bridgehead atoms. The van der Waals surface area contributed by atoms with Crippen molar-refractivity contribution in [1.29, 1.82) is 0 Å². The van der Waals surface area contributed by atoms with Crippen LogP contribution in [0.3, 0.4) is 0 Å². The van der Waals surface area contributed by atoms with E-state index in [9.17, 15) is 9.59 Å². The van der Waals surface area contributed by atoms with Crippen molar-refractivity contribution in [3.05, 3.63) is 29.8 Å². The van der Waals surface area contributed by atoms with Crippen molar-refractivity contribution in [3.8, 4) is 0 Å². The summed E-state index contributed by atoms with van der Waals surface area (Å²) in [5.74, 6) is 0.0370. The average Bonchev–Trinajstić information content (AvgIpc) is 2.42. The Morgan fingerprint density at radius 1 is 1.40 bits per heavy atom. The molecule has 2 rings (SSSR count). The van der Waals surface area contributed by atoms with E-state index in [0.717, 1.165) is 5.56 Å². The van der Waals surface area contributed by atoms with E-state index < -0.39 is 0 Å². The maximum atomic E-state index is 11.8. The second-order valence-electron chi connectivity index (χ2n) is 5.05. The van der Waals surface area contributed by atoms with Gasteiger partial charge < -0.3 is 21.7 Å². The number of carbonyl (C=O) groups excluding carboxylic acids is 2. The summed E-state index contributed by atoms with van der Waals surface area (Å²) in [6.07, 6.45) is 1.12. The number of nitrogens with two attached hydrogens (primary N) is 1. The molecule has 3 amide bonds. The molecule has 1 fully saturated rings. The third-order valence-corrected chi connectivity index (χ3v) is 3.30. The molecule has 0 saturated carbocycles. The molecule has 1 aliphatic heterocycles. The SMILES string of the molecule is CC(N)c1ccc(NC(=O)NC2CCC(=O)NC2)cc1. The van der Waals surface area contributed by atoms with Crippen LogP contribution in [0.2, 0.25) is 0 Å². The van der Waals surface area contributed by atoms with Crippen LogP contribution in [0, 0.1) is 0 Å². The van der Waals surface area contributed by atoms with Crippen molar-refractivity contribution in [3.63, 3.8) is 0 Å². The fraction of sp³-hybridized carbons (Fsp3) is 0.429. The first-order valence-corrected chi connectivity index (χ1v) is 6.74. The van der Waals surface area contributed by atoms with E-state index in [2.05, 4.69) is 16.0 Å². The average molecular weight is 276 g/mol. The van der Waals surface area contributed by atoms with Gasteiger partial charge in [-0.1, -0.05) is 12.1 Å². The van der Waals surface area contributed by atoms with Crippen molar-refractivity contribution in [2.24, 2.45) is 5.73 Å². The summed E-state index contributed by atoms with van der Waals surface area (Å²) in [5, 5.41) is 8.32. The molecule has 6 nitrogen and oxygen atoms in total. The highest BCUT2D eigenvalue weighted by atomic mass is 16.2. The van der Waals surface area contributed by atoms with Gasteiger partial charge in [0.05, 0.1) is 0 Å². The Morgan fingerprint density at radius 2 is 2.10 bits per heavy atom. The minimum Gasteiger partial charge on any atom is -0.354 e. The van der Waals surface area contributed by atoms with Gasteiger partial charge in [0.25, 0.3) is 0 Å². The highest BCUT2D eigenvalue weighted by Gasteiger charge is 2.19. The number of amides is 3. The van der Waals surface area contributed by atoms with Crippen molar-refractivity contribution < 1.29 is 9.59 Å². The van der Waals surface area contributed by atoms with Crippen LogP contribution in [-0.2, 0) is 4.79 Å². The number of nitrogens with one attached hydrogen (secondary N) is 3. The molecule has 2 unspecified atom stereocenters. The van der Waals surface area contributed by atoms with E-state index in [1.807, 2.05) is 31.2 Å². The number of hydrogen-bond donors (Lipinski definition) is 4. The van der Waals surface area contributed by atoms with Gasteiger partial charge in [-0.05, 0) is 31.0 Å². The summed E-state index contributed by atoms with van der Waals surface area (Å²) in [5.41, 5.74) is 7.50. The van der Waals surface area contributed by atoms with Crippen molar-refractivity contribution >= 4 is 17.6 Å². The Labute approximate surface area is 118 Å². The zero-order valence-electron chi connectivity index (χ0n) is 11.5. The highest BCUT2D eigenvalue weighted by Crippen LogP contribution is 2.14. The monoisotopic (exact) mass is 276 g/mol. The third-order valence-electron chi connectivity index (χ3n) is 3.30. The van der Waals surface area contributed by atoms with Gasteiger partial charge in [0.1, 0.15) is 0 Å². The first-order chi connectivity index (χ1) is 9.54. The van der Waals surface area contributed by atoms with Gasteiger partial charge >= 0.3 is 6.03 Å². The molecule has 1 aromatic rings. The summed E-state index contributed by atoms with van der Waals surface area (Å²) in [6, 6.07) is 7.11. The second kappa shape index (κ2) is 6.38. The van der Waals surface area contributed by atoms with Gasteiger partial charge in [-0.2, -0.15) is 0 Å². The van der Waals surface area contributed by atoms with E-state index >= 15 is 0 Å². The van der Waals surface area contributed by atoms with Crippen LogP contribution < -0.4 is 21.7 Å². The lowest BCUT2D eigenvalue weighted by Crippen LogP contribution is -2.48. The topological polar surface area (TPSA) is 96.2 Å². The Bertz CT molecular complexity index is 474. The molecule has 20 heavy (non-hydrogen) atoms. The van der Waals surface area contributed by atoms with Crippen LogP contribution in [0.1, 0.15) is 31.4 Å². The summed E-state index contributed by atoms with van der Waals surface area (Å²) < 4.78 is 0. The molecule has 2 atom stereocenters. The summed E-state index contributed by atoms with van der Waals surface area (Å²) in [6.45, 7) is 2.39. The summed E-state index contributed by atoms with van der Waals surface area (Å²) >= 11 is 0. The normalized spacial score (nSPS) is 19.9. The molecule has 1 aromatic carbocycles. The standard InChI is InChI=1S/C14H20N4O2/c1-9(15)10-2-4-11(5-3-10)17-14(20)18-12-6-7-13(19)16-8-12/h2-5,9,12H,6-8,15H2,1H3,(H,16,19)(H2,17,18,20). The van der Waals surface area contributed by atoms with Gasteiger partial charge in [-0.15, -0.1) is 0 Å². The fourth-order valence-corrected chi connectivity index (χ4v) is 2.08. The highest BCUT2D eigenvalue weighted by molar-refractivity contribution is 5.89. The third kappa shape index (κ3) is 3.96. The lowest BCUT2D eigenvalue weighted by Gasteiger charge is -2.23. The van der Waals surface area contributed by atoms with Crippen LogP contribution in [0.4, 0.5) is 10.5 Å². The maximum Gasteiger partial charge on any atom is 0.319 e. The van der Waals surface area contributed by atoms with E-state index in [1.54, 1.807) is 0 Å². The van der Waals surface area contributed by atoms with Crippen molar-refractivity contribution in [2.45, 2.75) is 31.8 Å². The Morgan fingerprint density at radius 3 is 2.65 bits per heavy atom. The van der Waals surface area contributed by atoms with Gasteiger partial charge in [-0.25, -0.2) is 4.79 Å². The van der Waals surface area contributed by atoms with Crippen LogP contribution >= 0.6 is 0 Å². The van der Waals surface area contributed by atoms with Gasteiger partial charge in [0, 0.05) is 30.7 Å². The van der Waals surface area contributed by atoms with E-state index in [1.165, 1.54) is 0 Å². The molecule has 108 valence electrons. The van der Waals surface area contributed by atoms with Crippen LogP contribution in [0.5, 0.6) is 0 Å².